The molecule has 0 aliphatic rings. The van der Waals surface area contributed by atoms with Crippen molar-refractivity contribution >= 4 is 5.82 Å². The highest BCUT2D eigenvalue weighted by atomic mass is 35.5. The van der Waals surface area contributed by atoms with Gasteiger partial charge in [-0.3, -0.25) is 0 Å². The van der Waals surface area contributed by atoms with Crippen LogP contribution in [0.3, 0.4) is 0 Å². The molecule has 1 unspecified atom stereocenters. The number of aliphatic hydroxyl groups is 1. The van der Waals surface area contributed by atoms with E-state index in [-0.39, 0.29) is 12.4 Å². The molecule has 3 nitrogen and oxygen atoms in total. The van der Waals surface area contributed by atoms with E-state index in [1.165, 1.54) is 0 Å². The van der Waals surface area contributed by atoms with E-state index in [0.29, 0.717) is 6.54 Å². The van der Waals surface area contributed by atoms with Crippen LogP contribution in [-0.2, 0) is 0 Å². The summed E-state index contributed by atoms with van der Waals surface area (Å²) in [5.41, 5.74) is 0.908. The van der Waals surface area contributed by atoms with Gasteiger partial charge in [-0.1, -0.05) is 36.4 Å². The van der Waals surface area contributed by atoms with Gasteiger partial charge in [0.25, 0.3) is 0 Å². The number of hydrogen-bond donors (Lipinski definition) is 2. The predicted octanol–water partition coefficient (Wildman–Crippen LogP) is -0.769. The Bertz CT molecular complexity index is 422. The Hall–Kier alpha value is -1.58. The molecule has 1 heterocycles. The van der Waals surface area contributed by atoms with Crippen molar-refractivity contribution in [2.24, 2.45) is 0 Å². The van der Waals surface area contributed by atoms with E-state index in [9.17, 15) is 5.11 Å². The van der Waals surface area contributed by atoms with Gasteiger partial charge in [-0.25, -0.2) is 4.98 Å². The quantitative estimate of drug-likeness (QED) is 0.748. The third-order valence-corrected chi connectivity index (χ3v) is 2.33. The maximum absolute atomic E-state index is 9.89. The van der Waals surface area contributed by atoms with Crippen molar-refractivity contribution in [3.05, 3.63) is 60.3 Å². The van der Waals surface area contributed by atoms with Gasteiger partial charge in [0.05, 0.1) is 6.10 Å². The molecule has 4 heteroatoms. The van der Waals surface area contributed by atoms with Gasteiger partial charge in [-0.15, -0.1) is 0 Å². The van der Waals surface area contributed by atoms with Crippen molar-refractivity contribution in [1.29, 1.82) is 0 Å². The normalized spacial score (nSPS) is 11.4. The van der Waals surface area contributed by atoms with E-state index in [2.05, 4.69) is 10.3 Å². The Kier molecular flexibility index (Phi) is 5.46. The minimum Gasteiger partial charge on any atom is -1.00 e. The summed E-state index contributed by atoms with van der Waals surface area (Å²) >= 11 is 0. The lowest BCUT2D eigenvalue weighted by Crippen LogP contribution is -3.00. The first-order chi connectivity index (χ1) is 7.86. The number of aliphatic hydroxyl groups excluding tert-OH is 1. The molecule has 90 valence electrons. The molecule has 0 aliphatic carbocycles. The van der Waals surface area contributed by atoms with Gasteiger partial charge in [0.2, 0.25) is 0 Å². The van der Waals surface area contributed by atoms with Crippen LogP contribution in [0, 0.1) is 0 Å². The molecule has 0 saturated heterocycles. The molecule has 2 N–H and O–H groups in total. The standard InChI is InChI=1S/C13H14N2O.ClH/c16-12(11-6-2-1-3-7-11)10-15-13-8-4-5-9-14-13;/h1-9,12,16H,10H2,(H,14,15);1H/p-1. The average molecular weight is 250 g/mol. The summed E-state index contributed by atoms with van der Waals surface area (Å²) < 4.78 is 0. The number of halogens is 1. The summed E-state index contributed by atoms with van der Waals surface area (Å²) in [6.45, 7) is 0.459. The van der Waals surface area contributed by atoms with Crippen LogP contribution in [-0.4, -0.2) is 16.6 Å². The Morgan fingerprint density at radius 1 is 1.06 bits per heavy atom. The van der Waals surface area contributed by atoms with Crippen molar-refractivity contribution < 1.29 is 17.5 Å². The Morgan fingerprint density at radius 3 is 2.41 bits per heavy atom. The third kappa shape index (κ3) is 4.06. The number of hydrogen-bond acceptors (Lipinski definition) is 3. The second kappa shape index (κ2) is 6.89. The minimum absolute atomic E-state index is 0. The highest BCUT2D eigenvalue weighted by Crippen LogP contribution is 2.12. The summed E-state index contributed by atoms with van der Waals surface area (Å²) in [7, 11) is 0. The van der Waals surface area contributed by atoms with Gasteiger partial charge in [-0.2, -0.15) is 0 Å². The largest absolute Gasteiger partial charge is 1.00 e. The van der Waals surface area contributed by atoms with E-state index in [1.54, 1.807) is 6.20 Å². The molecular formula is C13H14ClN2O-. The second-order valence-electron chi connectivity index (χ2n) is 3.52. The highest BCUT2D eigenvalue weighted by Gasteiger charge is 2.05. The Labute approximate surface area is 107 Å². The maximum Gasteiger partial charge on any atom is 0.125 e. The molecule has 2 rings (SSSR count). The summed E-state index contributed by atoms with van der Waals surface area (Å²) in [6, 6.07) is 15.2. The molecule has 1 atom stereocenters. The fraction of sp³-hybridized carbons (Fsp3) is 0.154. The van der Waals surface area contributed by atoms with Crippen molar-refractivity contribution in [3.63, 3.8) is 0 Å². The van der Waals surface area contributed by atoms with Gasteiger partial charge in [-0.05, 0) is 17.7 Å². The van der Waals surface area contributed by atoms with Crippen LogP contribution in [0.4, 0.5) is 5.82 Å². The van der Waals surface area contributed by atoms with Crippen LogP contribution in [0.5, 0.6) is 0 Å². The molecule has 0 radical (unpaired) electrons. The molecule has 1 aromatic heterocycles. The van der Waals surface area contributed by atoms with Crippen LogP contribution in [0.25, 0.3) is 0 Å². The van der Waals surface area contributed by atoms with Crippen molar-refractivity contribution in [2.75, 3.05) is 11.9 Å². The van der Waals surface area contributed by atoms with Gasteiger partial charge in [0.15, 0.2) is 0 Å². The number of anilines is 1. The fourth-order valence-electron chi connectivity index (χ4n) is 1.46. The lowest BCUT2D eigenvalue weighted by atomic mass is 10.1. The zero-order chi connectivity index (χ0) is 11.2. The number of nitrogens with one attached hydrogen (secondary N) is 1. The lowest BCUT2D eigenvalue weighted by Gasteiger charge is -2.12. The molecule has 0 bridgehead atoms. The molecule has 0 aliphatic heterocycles. The zero-order valence-electron chi connectivity index (χ0n) is 9.25. The fourth-order valence-corrected chi connectivity index (χ4v) is 1.46. The number of benzene rings is 1. The number of pyridine rings is 1. The molecule has 0 amide bonds. The van der Waals surface area contributed by atoms with E-state index in [4.69, 9.17) is 0 Å². The smallest absolute Gasteiger partial charge is 0.125 e. The number of rotatable bonds is 4. The minimum atomic E-state index is -0.511. The molecule has 0 saturated carbocycles. The summed E-state index contributed by atoms with van der Waals surface area (Å²) in [6.07, 6.45) is 1.21. The third-order valence-electron chi connectivity index (χ3n) is 2.33. The first kappa shape index (κ1) is 13.5. The monoisotopic (exact) mass is 249 g/mol. The van der Waals surface area contributed by atoms with Crippen molar-refractivity contribution in [1.82, 2.24) is 4.98 Å². The summed E-state index contributed by atoms with van der Waals surface area (Å²) in [4.78, 5) is 4.12. The first-order valence-corrected chi connectivity index (χ1v) is 5.24. The van der Waals surface area contributed by atoms with Crippen LogP contribution in [0.15, 0.2) is 54.7 Å². The van der Waals surface area contributed by atoms with Crippen LogP contribution in [0.1, 0.15) is 11.7 Å². The number of aromatic nitrogens is 1. The molecule has 0 spiro atoms. The average Bonchev–Trinajstić information content (AvgIpc) is 2.38. The van der Waals surface area contributed by atoms with E-state index >= 15 is 0 Å². The SMILES string of the molecule is OC(CNc1ccccn1)c1ccccc1.[Cl-]. The van der Waals surface area contributed by atoms with Crippen LogP contribution >= 0.6 is 0 Å². The van der Waals surface area contributed by atoms with E-state index < -0.39 is 6.10 Å². The lowest BCUT2D eigenvalue weighted by molar-refractivity contribution is -0.00000489. The zero-order valence-corrected chi connectivity index (χ0v) is 10.0. The van der Waals surface area contributed by atoms with Gasteiger partial charge >= 0.3 is 0 Å². The van der Waals surface area contributed by atoms with E-state index in [1.807, 2.05) is 48.5 Å². The second-order valence-corrected chi connectivity index (χ2v) is 3.52. The Balaban J connectivity index is 0.00000144. The summed E-state index contributed by atoms with van der Waals surface area (Å²) in [5, 5.41) is 13.0. The van der Waals surface area contributed by atoms with Crippen LogP contribution in [0.2, 0.25) is 0 Å². The van der Waals surface area contributed by atoms with Gasteiger partial charge in [0, 0.05) is 12.7 Å². The molecule has 1 aromatic carbocycles. The summed E-state index contributed by atoms with van der Waals surface area (Å²) in [5.74, 6) is 0.775. The van der Waals surface area contributed by atoms with E-state index in [0.717, 1.165) is 11.4 Å². The van der Waals surface area contributed by atoms with Gasteiger partial charge < -0.3 is 22.8 Å². The van der Waals surface area contributed by atoms with Crippen molar-refractivity contribution in [2.45, 2.75) is 6.10 Å². The molecular weight excluding hydrogens is 236 g/mol. The molecule has 17 heavy (non-hydrogen) atoms. The first-order valence-electron chi connectivity index (χ1n) is 5.24. The molecule has 2 aromatic rings. The highest BCUT2D eigenvalue weighted by molar-refractivity contribution is 5.33. The Morgan fingerprint density at radius 2 is 1.76 bits per heavy atom. The topological polar surface area (TPSA) is 45.1 Å². The molecule has 0 fully saturated rings. The maximum atomic E-state index is 9.89. The van der Waals surface area contributed by atoms with Crippen molar-refractivity contribution in [3.8, 4) is 0 Å². The van der Waals surface area contributed by atoms with Crippen LogP contribution < -0.4 is 17.7 Å². The van der Waals surface area contributed by atoms with Gasteiger partial charge in [0.1, 0.15) is 5.82 Å². The number of nitrogens with zero attached hydrogens (tertiary/aromatic N) is 1. The predicted molar refractivity (Wildman–Crippen MR) is 64.1 cm³/mol.